The van der Waals surface area contributed by atoms with Gasteiger partial charge in [0.15, 0.2) is 0 Å². The Balaban J connectivity index is 4.39. The Labute approximate surface area is 112 Å². The van der Waals surface area contributed by atoms with Crippen LogP contribution in [0.5, 0.6) is 0 Å². The topological polar surface area (TPSA) is 9.23 Å². The molecule has 0 saturated heterocycles. The summed E-state index contributed by atoms with van der Waals surface area (Å²) in [6, 6.07) is 0. The van der Waals surface area contributed by atoms with Crippen molar-refractivity contribution in [3.8, 4) is 0 Å². The first kappa shape index (κ1) is 17.2. The molecule has 0 rings (SSSR count). The summed E-state index contributed by atoms with van der Waals surface area (Å²) in [5.41, 5.74) is 0.604. The van der Waals surface area contributed by atoms with Crippen molar-refractivity contribution in [1.29, 1.82) is 0 Å². The molecular weight excluding hydrogens is 224 g/mol. The predicted molar refractivity (Wildman–Crippen MR) is 81.5 cm³/mol. The van der Waals surface area contributed by atoms with Gasteiger partial charge >= 0.3 is 0 Å². The van der Waals surface area contributed by atoms with Crippen LogP contribution >= 0.6 is 0 Å². The monoisotopic (exact) mass is 258 g/mol. The molecule has 0 aliphatic carbocycles. The van der Waals surface area contributed by atoms with Crippen LogP contribution in [-0.4, -0.2) is 17.1 Å². The van der Waals surface area contributed by atoms with Gasteiger partial charge in [0.2, 0.25) is 0 Å². The predicted octanol–water partition coefficient (Wildman–Crippen LogP) is 4.23. The van der Waals surface area contributed by atoms with E-state index in [1.807, 2.05) is 0 Å². The smallest absolute Gasteiger partial charge is 0.145 e. The van der Waals surface area contributed by atoms with Gasteiger partial charge in [-0.1, -0.05) is 59.3 Å². The highest BCUT2D eigenvalue weighted by Gasteiger charge is 2.27. The second-order valence-electron chi connectivity index (χ2n) is 5.55. The van der Waals surface area contributed by atoms with E-state index < -0.39 is 0 Å². The van der Waals surface area contributed by atoms with Crippen LogP contribution in [0.1, 0.15) is 85.0 Å². The molecule has 0 aromatic carbocycles. The highest BCUT2D eigenvalue weighted by molar-refractivity contribution is 5.97. The summed E-state index contributed by atoms with van der Waals surface area (Å²) in [4.78, 5) is 0. The van der Waals surface area contributed by atoms with Gasteiger partial charge in [-0.15, -0.1) is 0 Å². The van der Waals surface area contributed by atoms with E-state index in [1.165, 1.54) is 64.2 Å². The molecule has 0 saturated carbocycles. The minimum atomic E-state index is 0.604. The van der Waals surface area contributed by atoms with Gasteiger partial charge in [-0.25, -0.2) is 0 Å². The van der Waals surface area contributed by atoms with E-state index >= 15 is 0 Å². The molecule has 0 aromatic heterocycles. The SMILES string of the molecule is CCCCC(CCCC)(CCCC)CCO[SiH3]. The molecule has 0 atom stereocenters. The van der Waals surface area contributed by atoms with Crippen LogP contribution in [0.25, 0.3) is 0 Å². The van der Waals surface area contributed by atoms with Crippen molar-refractivity contribution in [2.45, 2.75) is 85.0 Å². The number of hydrogen-bond acceptors (Lipinski definition) is 1. The molecule has 0 amide bonds. The van der Waals surface area contributed by atoms with Crippen LogP contribution in [0, 0.1) is 5.41 Å². The Morgan fingerprint density at radius 1 is 0.765 bits per heavy atom. The van der Waals surface area contributed by atoms with Crippen molar-refractivity contribution in [2.24, 2.45) is 5.41 Å². The van der Waals surface area contributed by atoms with Gasteiger partial charge < -0.3 is 4.43 Å². The second kappa shape index (κ2) is 11.3. The third-order valence-electron chi connectivity index (χ3n) is 4.02. The molecule has 0 spiro atoms. The summed E-state index contributed by atoms with van der Waals surface area (Å²) in [5, 5.41) is 0. The maximum absolute atomic E-state index is 5.48. The molecule has 0 heterocycles. The molecule has 0 bridgehead atoms. The summed E-state index contributed by atoms with van der Waals surface area (Å²) < 4.78 is 5.48. The van der Waals surface area contributed by atoms with Gasteiger partial charge in [0.25, 0.3) is 0 Å². The summed E-state index contributed by atoms with van der Waals surface area (Å²) in [5.74, 6) is 0. The van der Waals surface area contributed by atoms with Crippen LogP contribution in [0.15, 0.2) is 0 Å². The van der Waals surface area contributed by atoms with E-state index in [9.17, 15) is 0 Å². The summed E-state index contributed by atoms with van der Waals surface area (Å²) in [6.07, 6.45) is 13.8. The molecule has 0 radical (unpaired) electrons. The van der Waals surface area contributed by atoms with Crippen LogP contribution in [0.4, 0.5) is 0 Å². The zero-order valence-corrected chi connectivity index (χ0v) is 14.7. The minimum absolute atomic E-state index is 0.604. The number of rotatable bonds is 12. The third kappa shape index (κ3) is 7.99. The van der Waals surface area contributed by atoms with Crippen molar-refractivity contribution in [2.75, 3.05) is 6.61 Å². The van der Waals surface area contributed by atoms with Crippen LogP contribution in [-0.2, 0) is 4.43 Å². The van der Waals surface area contributed by atoms with E-state index in [-0.39, 0.29) is 0 Å². The number of unbranched alkanes of at least 4 members (excludes halogenated alkanes) is 3. The fourth-order valence-corrected chi connectivity index (χ4v) is 2.93. The van der Waals surface area contributed by atoms with E-state index in [0.717, 1.165) is 17.1 Å². The average Bonchev–Trinajstić information content (AvgIpc) is 2.37. The normalized spacial score (nSPS) is 12.2. The lowest BCUT2D eigenvalue weighted by Gasteiger charge is -2.34. The molecule has 0 unspecified atom stereocenters. The van der Waals surface area contributed by atoms with Crippen molar-refractivity contribution in [3.05, 3.63) is 0 Å². The lowest BCUT2D eigenvalue weighted by Crippen LogP contribution is -2.23. The Morgan fingerprint density at radius 3 is 1.47 bits per heavy atom. The van der Waals surface area contributed by atoms with Gasteiger partial charge in [-0.3, -0.25) is 0 Å². The molecule has 1 nitrogen and oxygen atoms in total. The molecule has 0 aliphatic heterocycles. The lowest BCUT2D eigenvalue weighted by atomic mass is 9.72. The Kier molecular flexibility index (Phi) is 11.4. The van der Waals surface area contributed by atoms with Crippen molar-refractivity contribution in [1.82, 2.24) is 0 Å². The maximum Gasteiger partial charge on any atom is 0.145 e. The lowest BCUT2D eigenvalue weighted by molar-refractivity contribution is 0.148. The van der Waals surface area contributed by atoms with Gasteiger partial charge in [-0.05, 0) is 31.1 Å². The highest BCUT2D eigenvalue weighted by atomic mass is 28.2. The van der Waals surface area contributed by atoms with Crippen molar-refractivity contribution in [3.63, 3.8) is 0 Å². The fraction of sp³-hybridized carbons (Fsp3) is 1.00. The number of hydrogen-bond donors (Lipinski definition) is 0. The summed E-state index contributed by atoms with van der Waals surface area (Å²) in [7, 11) is 0.897. The fourth-order valence-electron chi connectivity index (χ4n) is 2.72. The molecule has 17 heavy (non-hydrogen) atoms. The van der Waals surface area contributed by atoms with Gasteiger partial charge in [0.1, 0.15) is 10.5 Å². The Bertz CT molecular complexity index is 121. The van der Waals surface area contributed by atoms with Crippen LogP contribution < -0.4 is 0 Å². The maximum atomic E-state index is 5.48. The van der Waals surface area contributed by atoms with E-state index in [0.29, 0.717) is 5.41 Å². The van der Waals surface area contributed by atoms with Gasteiger partial charge in [0, 0.05) is 6.61 Å². The molecule has 2 heteroatoms. The Hall–Kier alpha value is 0.177. The Morgan fingerprint density at radius 2 is 1.18 bits per heavy atom. The molecule has 104 valence electrons. The molecule has 0 aromatic rings. The van der Waals surface area contributed by atoms with E-state index in [4.69, 9.17) is 4.43 Å². The molecular formula is C15H34OSi. The first-order valence-corrected chi connectivity index (χ1v) is 8.55. The van der Waals surface area contributed by atoms with Crippen LogP contribution in [0.3, 0.4) is 0 Å². The van der Waals surface area contributed by atoms with E-state index in [1.54, 1.807) is 0 Å². The average molecular weight is 259 g/mol. The summed E-state index contributed by atoms with van der Waals surface area (Å²) >= 11 is 0. The largest absolute Gasteiger partial charge is 0.428 e. The summed E-state index contributed by atoms with van der Waals surface area (Å²) in [6.45, 7) is 7.94. The van der Waals surface area contributed by atoms with Crippen molar-refractivity contribution < 1.29 is 4.43 Å². The third-order valence-corrected chi connectivity index (χ3v) is 4.43. The first-order valence-electron chi connectivity index (χ1n) is 7.73. The van der Waals surface area contributed by atoms with Gasteiger partial charge in [0.05, 0.1) is 0 Å². The standard InChI is InChI=1S/C15H34OSi/c1-4-7-10-15(11-8-5-2,12-9-6-3)13-14-16-17/h4-14H2,1-3,17H3. The van der Waals surface area contributed by atoms with E-state index in [2.05, 4.69) is 20.8 Å². The zero-order valence-electron chi connectivity index (χ0n) is 12.7. The minimum Gasteiger partial charge on any atom is -0.428 e. The second-order valence-corrected chi connectivity index (χ2v) is 6.13. The van der Waals surface area contributed by atoms with Crippen LogP contribution in [0.2, 0.25) is 0 Å². The first-order chi connectivity index (χ1) is 8.24. The molecule has 0 N–H and O–H groups in total. The van der Waals surface area contributed by atoms with Gasteiger partial charge in [-0.2, -0.15) is 0 Å². The molecule has 0 aliphatic rings. The highest BCUT2D eigenvalue weighted by Crippen LogP contribution is 2.39. The zero-order chi connectivity index (χ0) is 13.0. The van der Waals surface area contributed by atoms with Crippen molar-refractivity contribution >= 4 is 10.5 Å². The molecule has 0 fully saturated rings. The quantitative estimate of drug-likeness (QED) is 0.476.